The Hall–Kier alpha value is -0.400. The van der Waals surface area contributed by atoms with Gasteiger partial charge in [-0.25, -0.2) is 13.6 Å². The van der Waals surface area contributed by atoms with Crippen LogP contribution in [0, 0.1) is 0 Å². The Bertz CT molecular complexity index is 207. The molecule has 2 atom stereocenters. The molecule has 0 aliphatic rings. The average Bonchev–Trinajstić information content (AvgIpc) is 2.04. The van der Waals surface area contributed by atoms with Gasteiger partial charge in [0, 0.05) is 6.61 Å². The van der Waals surface area contributed by atoms with Gasteiger partial charge in [-0.2, -0.15) is 11.8 Å². The van der Waals surface area contributed by atoms with Crippen molar-refractivity contribution in [2.24, 2.45) is 5.73 Å². The van der Waals surface area contributed by atoms with Gasteiger partial charge in [-0.3, -0.25) is 5.73 Å². The molecule has 14 heavy (non-hydrogen) atoms. The van der Waals surface area contributed by atoms with E-state index in [0.717, 1.165) is 11.8 Å². The summed E-state index contributed by atoms with van der Waals surface area (Å²) in [6.45, 7) is 1.26. The van der Waals surface area contributed by atoms with Gasteiger partial charge in [0.15, 0.2) is 0 Å². The van der Waals surface area contributed by atoms with Gasteiger partial charge in [0.05, 0.1) is 5.75 Å². The predicted octanol–water partition coefficient (Wildman–Crippen LogP) is 0.761. The third kappa shape index (κ3) is 2.55. The van der Waals surface area contributed by atoms with Crippen LogP contribution in [0.1, 0.15) is 6.92 Å². The highest BCUT2D eigenvalue weighted by molar-refractivity contribution is 7.98. The van der Waals surface area contributed by atoms with Crippen LogP contribution in [0.15, 0.2) is 0 Å². The van der Waals surface area contributed by atoms with E-state index in [-0.39, 0.29) is 6.61 Å². The van der Waals surface area contributed by atoms with Crippen LogP contribution in [0.2, 0.25) is 0 Å². The Morgan fingerprint density at radius 2 is 2.14 bits per heavy atom. The van der Waals surface area contributed by atoms with Crippen LogP contribution >= 0.6 is 11.8 Å². The van der Waals surface area contributed by atoms with E-state index in [1.165, 1.54) is 13.2 Å². The second-order valence-electron chi connectivity index (χ2n) is 2.61. The number of hydrogen-bond donors (Lipinski definition) is 2. The first-order valence-electron chi connectivity index (χ1n) is 3.84. The highest BCUT2D eigenvalue weighted by Gasteiger charge is 2.58. The number of thioether (sulfide) groups is 1. The van der Waals surface area contributed by atoms with Crippen molar-refractivity contribution < 1.29 is 23.4 Å². The molecule has 0 aromatic carbocycles. The Morgan fingerprint density at radius 1 is 1.64 bits per heavy atom. The predicted molar refractivity (Wildman–Crippen MR) is 49.5 cm³/mol. The first-order valence-corrected chi connectivity index (χ1v) is 5.24. The molecule has 0 aliphatic heterocycles. The molecule has 0 heterocycles. The molecule has 0 saturated carbocycles. The first kappa shape index (κ1) is 13.6. The van der Waals surface area contributed by atoms with Crippen LogP contribution in [0.25, 0.3) is 0 Å². The number of nitrogens with two attached hydrogens (primary N) is 1. The van der Waals surface area contributed by atoms with Gasteiger partial charge in [-0.15, -0.1) is 0 Å². The topological polar surface area (TPSA) is 72.5 Å². The quantitative estimate of drug-likeness (QED) is 0.658. The van der Waals surface area contributed by atoms with Crippen molar-refractivity contribution in [3.63, 3.8) is 0 Å². The molecule has 0 fully saturated rings. The van der Waals surface area contributed by atoms with Crippen LogP contribution < -0.4 is 5.73 Å². The van der Waals surface area contributed by atoms with Crippen LogP contribution in [-0.4, -0.2) is 41.3 Å². The monoisotopic (exact) mass is 229 g/mol. The lowest BCUT2D eigenvalue weighted by Crippen LogP contribution is -2.62. The average molecular weight is 229 g/mol. The molecular formula is C7H13F2NO3S. The van der Waals surface area contributed by atoms with E-state index < -0.39 is 23.4 Å². The van der Waals surface area contributed by atoms with Gasteiger partial charge >= 0.3 is 11.8 Å². The Morgan fingerprint density at radius 3 is 2.43 bits per heavy atom. The van der Waals surface area contributed by atoms with Crippen molar-refractivity contribution in [1.29, 1.82) is 0 Å². The number of carbonyl (C=O) groups is 1. The zero-order chi connectivity index (χ0) is 11.4. The largest absolute Gasteiger partial charge is 0.478 e. The van der Waals surface area contributed by atoms with Crippen molar-refractivity contribution in [1.82, 2.24) is 0 Å². The number of hydrogen-bond acceptors (Lipinski definition) is 4. The SMILES string of the molecule is CCOC(F)(CSC)C(N)(F)C(=O)O. The molecule has 84 valence electrons. The van der Waals surface area contributed by atoms with Gasteiger partial charge in [0.2, 0.25) is 0 Å². The lowest BCUT2D eigenvalue weighted by molar-refractivity contribution is -0.221. The molecular weight excluding hydrogens is 216 g/mol. The number of rotatable bonds is 6. The number of alkyl halides is 2. The number of carboxylic acids is 1. The molecule has 2 unspecified atom stereocenters. The van der Waals surface area contributed by atoms with E-state index in [1.54, 1.807) is 0 Å². The number of ether oxygens (including phenoxy) is 1. The fraction of sp³-hybridized carbons (Fsp3) is 0.857. The molecule has 0 saturated heterocycles. The summed E-state index contributed by atoms with van der Waals surface area (Å²) >= 11 is 0.909. The van der Waals surface area contributed by atoms with Gasteiger partial charge in [-0.05, 0) is 13.2 Å². The van der Waals surface area contributed by atoms with E-state index in [0.29, 0.717) is 0 Å². The molecule has 4 nitrogen and oxygen atoms in total. The molecule has 0 aromatic heterocycles. The van der Waals surface area contributed by atoms with Crippen LogP contribution in [0.3, 0.4) is 0 Å². The lowest BCUT2D eigenvalue weighted by Gasteiger charge is -2.32. The third-order valence-electron chi connectivity index (χ3n) is 1.56. The summed E-state index contributed by atoms with van der Waals surface area (Å²) in [5, 5.41) is 8.40. The number of carboxylic acid groups (broad SMARTS) is 1. The van der Waals surface area contributed by atoms with E-state index in [2.05, 4.69) is 4.74 Å². The number of aliphatic carboxylic acids is 1. The fourth-order valence-corrected chi connectivity index (χ4v) is 1.49. The Kier molecular flexibility index (Phi) is 4.76. The van der Waals surface area contributed by atoms with E-state index >= 15 is 0 Å². The zero-order valence-corrected chi connectivity index (χ0v) is 8.74. The van der Waals surface area contributed by atoms with Crippen LogP contribution in [-0.2, 0) is 9.53 Å². The summed E-state index contributed by atoms with van der Waals surface area (Å²) in [6.07, 6.45) is 1.49. The molecule has 7 heteroatoms. The second-order valence-corrected chi connectivity index (χ2v) is 3.48. The van der Waals surface area contributed by atoms with Crippen molar-refractivity contribution in [3.8, 4) is 0 Å². The van der Waals surface area contributed by atoms with E-state index in [1.807, 2.05) is 0 Å². The molecule has 0 bridgehead atoms. The number of halogens is 2. The van der Waals surface area contributed by atoms with Crippen LogP contribution in [0.4, 0.5) is 8.78 Å². The van der Waals surface area contributed by atoms with Crippen molar-refractivity contribution in [3.05, 3.63) is 0 Å². The fourth-order valence-electron chi connectivity index (χ4n) is 0.826. The van der Waals surface area contributed by atoms with E-state index in [4.69, 9.17) is 10.8 Å². The van der Waals surface area contributed by atoms with Crippen molar-refractivity contribution >= 4 is 17.7 Å². The minimum Gasteiger partial charge on any atom is -0.478 e. The molecule has 0 aromatic rings. The van der Waals surface area contributed by atoms with Crippen molar-refractivity contribution in [2.45, 2.75) is 18.6 Å². The molecule has 0 aliphatic carbocycles. The minimum atomic E-state index is -3.54. The molecule has 3 N–H and O–H groups in total. The second kappa shape index (κ2) is 4.90. The summed E-state index contributed by atoms with van der Waals surface area (Å²) in [5.41, 5.74) is 4.73. The maximum Gasteiger partial charge on any atom is 0.362 e. The molecule has 0 rings (SSSR count). The smallest absolute Gasteiger partial charge is 0.362 e. The summed E-state index contributed by atoms with van der Waals surface area (Å²) in [7, 11) is 0. The third-order valence-corrected chi connectivity index (χ3v) is 2.22. The van der Waals surface area contributed by atoms with Gasteiger partial charge in [-0.1, -0.05) is 0 Å². The minimum absolute atomic E-state index is 0.160. The normalized spacial score (nSPS) is 19.8. The maximum absolute atomic E-state index is 13.7. The summed E-state index contributed by atoms with van der Waals surface area (Å²) in [5.74, 6) is -9.11. The highest BCUT2D eigenvalue weighted by atomic mass is 32.2. The maximum atomic E-state index is 13.7. The molecule has 0 amide bonds. The van der Waals surface area contributed by atoms with Crippen LogP contribution in [0.5, 0.6) is 0 Å². The standard InChI is InChI=1S/C7H13F2NO3S/c1-3-13-6(8,4-14-2)7(9,10)5(11)12/h3-4,10H2,1-2H3,(H,11,12). The molecule has 0 radical (unpaired) electrons. The van der Waals surface area contributed by atoms with Gasteiger partial charge in [0.25, 0.3) is 5.85 Å². The Labute approximate surface area is 84.8 Å². The highest BCUT2D eigenvalue weighted by Crippen LogP contribution is 2.31. The summed E-state index contributed by atoms with van der Waals surface area (Å²) < 4.78 is 31.4. The van der Waals surface area contributed by atoms with Gasteiger partial charge in [0.1, 0.15) is 0 Å². The van der Waals surface area contributed by atoms with E-state index in [9.17, 15) is 13.6 Å². The van der Waals surface area contributed by atoms with Crippen molar-refractivity contribution in [2.75, 3.05) is 18.6 Å². The first-order chi connectivity index (χ1) is 6.31. The van der Waals surface area contributed by atoms with Gasteiger partial charge < -0.3 is 9.84 Å². The zero-order valence-electron chi connectivity index (χ0n) is 7.92. The Balaban J connectivity index is 4.87. The molecule has 0 spiro atoms. The summed E-state index contributed by atoms with van der Waals surface area (Å²) in [6, 6.07) is 0. The lowest BCUT2D eigenvalue weighted by atomic mass is 10.1. The summed E-state index contributed by atoms with van der Waals surface area (Å²) in [4.78, 5) is 10.4.